The summed E-state index contributed by atoms with van der Waals surface area (Å²) >= 11 is 11.6. The Morgan fingerprint density at radius 1 is 1.08 bits per heavy atom. The van der Waals surface area contributed by atoms with Crippen molar-refractivity contribution in [1.29, 1.82) is 0 Å². The van der Waals surface area contributed by atoms with Crippen LogP contribution < -0.4 is 5.73 Å². The summed E-state index contributed by atoms with van der Waals surface area (Å²) in [6.07, 6.45) is 0.699. The molecule has 0 fully saturated rings. The topological polar surface area (TPSA) is 165 Å². The summed E-state index contributed by atoms with van der Waals surface area (Å²) < 4.78 is 19.5. The quantitative estimate of drug-likeness (QED) is 0.192. The van der Waals surface area contributed by atoms with Gasteiger partial charge < -0.3 is 25.8 Å². The van der Waals surface area contributed by atoms with Gasteiger partial charge in [0.2, 0.25) is 0 Å². The van der Waals surface area contributed by atoms with E-state index in [1.807, 2.05) is 25.1 Å². The van der Waals surface area contributed by atoms with Crippen LogP contribution in [0.1, 0.15) is 51.9 Å². The van der Waals surface area contributed by atoms with Crippen molar-refractivity contribution >= 4 is 41.1 Å². The number of esters is 1. The Labute approximate surface area is 233 Å². The first kappa shape index (κ1) is 31.7. The molecule has 0 aliphatic carbocycles. The number of aromatic nitrogens is 2. The standard InChI is InChI=1S/C14H20ClNO3.C12H8ClFN2O4/c1-2-3-8-19-14(18)13(17)12(16)9-10-6-4-5-7-11(10)15;13-7-2-1-6(8(14)3-7)5-16-10(12(19)20)4-9(15-16)11(17)18/h4-7,12-13,17H,2-3,8-9,16H2,1H3;1-4H,5H2,(H,17,18)(H,19,20)/t12-,13-;/m1./s1. The highest BCUT2D eigenvalue weighted by molar-refractivity contribution is 6.31. The molecule has 0 amide bonds. The van der Waals surface area contributed by atoms with Gasteiger partial charge in [0.25, 0.3) is 0 Å². The van der Waals surface area contributed by atoms with Gasteiger partial charge in [0, 0.05) is 27.7 Å². The lowest BCUT2D eigenvalue weighted by molar-refractivity contribution is -0.154. The fraction of sp³-hybridized carbons (Fsp3) is 0.308. The molecule has 1 heterocycles. The number of nitrogens with two attached hydrogens (primary N) is 1. The van der Waals surface area contributed by atoms with Crippen LogP contribution >= 0.6 is 23.2 Å². The highest BCUT2D eigenvalue weighted by atomic mass is 35.5. The molecular weight excluding hydrogens is 556 g/mol. The van der Waals surface area contributed by atoms with Crippen LogP contribution in [0.15, 0.2) is 48.5 Å². The van der Waals surface area contributed by atoms with Gasteiger partial charge in [0.05, 0.1) is 13.2 Å². The van der Waals surface area contributed by atoms with Gasteiger partial charge in [-0.15, -0.1) is 0 Å². The number of carbonyl (C=O) groups is 3. The van der Waals surface area contributed by atoms with E-state index in [1.54, 1.807) is 6.07 Å². The SMILES string of the molecule is CCCCOC(=O)[C@H](O)[C@H](N)Cc1ccccc1Cl.O=C(O)c1cc(C(=O)O)n(Cc2ccc(Cl)cc2F)n1. The zero-order chi connectivity index (χ0) is 29.1. The smallest absolute Gasteiger partial charge is 0.356 e. The minimum atomic E-state index is -1.36. The van der Waals surface area contributed by atoms with Gasteiger partial charge in [0.15, 0.2) is 11.8 Å². The second kappa shape index (κ2) is 15.2. The van der Waals surface area contributed by atoms with Gasteiger partial charge in [-0.3, -0.25) is 4.68 Å². The number of hydrogen-bond acceptors (Lipinski definition) is 7. The van der Waals surface area contributed by atoms with E-state index >= 15 is 0 Å². The molecule has 13 heteroatoms. The van der Waals surface area contributed by atoms with Gasteiger partial charge in [-0.2, -0.15) is 5.10 Å². The van der Waals surface area contributed by atoms with Gasteiger partial charge in [-0.05, 0) is 36.6 Å². The highest BCUT2D eigenvalue weighted by Crippen LogP contribution is 2.18. The van der Waals surface area contributed by atoms with Crippen molar-refractivity contribution in [2.45, 2.75) is 44.9 Å². The number of unbranched alkanes of at least 4 members (excludes halogenated alkanes) is 1. The Kier molecular flexibility index (Phi) is 12.3. The number of aliphatic hydroxyl groups excluding tert-OH is 1. The lowest BCUT2D eigenvalue weighted by atomic mass is 10.0. The van der Waals surface area contributed by atoms with Crippen molar-refractivity contribution in [3.8, 4) is 0 Å². The van der Waals surface area contributed by atoms with Crippen LogP contribution in [0.4, 0.5) is 4.39 Å². The molecule has 0 unspecified atom stereocenters. The van der Waals surface area contributed by atoms with E-state index in [1.165, 1.54) is 12.1 Å². The van der Waals surface area contributed by atoms with Crippen LogP contribution in [0, 0.1) is 5.82 Å². The van der Waals surface area contributed by atoms with E-state index in [2.05, 4.69) is 5.10 Å². The molecule has 0 radical (unpaired) electrons. The fourth-order valence-corrected chi connectivity index (χ4v) is 3.60. The number of aromatic carboxylic acids is 2. The summed E-state index contributed by atoms with van der Waals surface area (Å²) in [6.45, 7) is 2.09. The average Bonchev–Trinajstić information content (AvgIpc) is 3.32. The molecule has 0 bridgehead atoms. The van der Waals surface area contributed by atoms with E-state index in [9.17, 15) is 23.9 Å². The van der Waals surface area contributed by atoms with Gasteiger partial charge >= 0.3 is 17.9 Å². The summed E-state index contributed by atoms with van der Waals surface area (Å²) in [5.41, 5.74) is 6.01. The molecule has 3 rings (SSSR count). The molecule has 0 saturated heterocycles. The predicted octanol–water partition coefficient (Wildman–Crippen LogP) is 4.03. The Balaban J connectivity index is 0.000000274. The maximum absolute atomic E-state index is 13.6. The Bertz CT molecular complexity index is 1300. The minimum Gasteiger partial charge on any atom is -0.477 e. The van der Waals surface area contributed by atoms with Crippen molar-refractivity contribution in [3.63, 3.8) is 0 Å². The Morgan fingerprint density at radius 3 is 2.36 bits per heavy atom. The first-order valence-corrected chi connectivity index (χ1v) is 12.5. The summed E-state index contributed by atoms with van der Waals surface area (Å²) in [4.78, 5) is 33.4. The maximum Gasteiger partial charge on any atom is 0.356 e. The number of ether oxygens (including phenoxy) is 1. The van der Waals surface area contributed by atoms with Crippen LogP contribution in [0.3, 0.4) is 0 Å². The lowest BCUT2D eigenvalue weighted by Gasteiger charge is -2.18. The first-order chi connectivity index (χ1) is 18.4. The number of halogens is 3. The van der Waals surface area contributed by atoms with Crippen LogP contribution in [0.2, 0.25) is 10.0 Å². The largest absolute Gasteiger partial charge is 0.477 e. The summed E-state index contributed by atoms with van der Waals surface area (Å²) in [5, 5.41) is 32.0. The number of benzene rings is 2. The molecule has 0 saturated carbocycles. The third kappa shape index (κ3) is 9.63. The molecule has 210 valence electrons. The molecule has 2 aromatic carbocycles. The summed E-state index contributed by atoms with van der Waals surface area (Å²) in [5.74, 6) is -4.00. The van der Waals surface area contributed by atoms with Crippen LogP contribution in [0.5, 0.6) is 0 Å². The zero-order valence-corrected chi connectivity index (χ0v) is 22.4. The van der Waals surface area contributed by atoms with Gasteiger partial charge in [-0.25, -0.2) is 18.8 Å². The van der Waals surface area contributed by atoms with Gasteiger partial charge in [0.1, 0.15) is 11.5 Å². The maximum atomic E-state index is 13.6. The normalized spacial score (nSPS) is 12.2. The van der Waals surface area contributed by atoms with E-state index in [0.717, 1.165) is 35.2 Å². The molecule has 10 nitrogen and oxygen atoms in total. The van der Waals surface area contributed by atoms with Crippen molar-refractivity contribution in [2.24, 2.45) is 5.73 Å². The molecule has 2 atom stereocenters. The second-order valence-electron chi connectivity index (χ2n) is 8.34. The summed E-state index contributed by atoms with van der Waals surface area (Å²) in [7, 11) is 0. The third-order valence-electron chi connectivity index (χ3n) is 5.36. The highest BCUT2D eigenvalue weighted by Gasteiger charge is 2.25. The number of carboxylic acids is 2. The number of carboxylic acid groups (broad SMARTS) is 2. The molecule has 0 spiro atoms. The van der Waals surface area contributed by atoms with E-state index in [-0.39, 0.29) is 22.8 Å². The second-order valence-corrected chi connectivity index (χ2v) is 9.19. The predicted molar refractivity (Wildman–Crippen MR) is 142 cm³/mol. The fourth-order valence-electron chi connectivity index (χ4n) is 3.23. The minimum absolute atomic E-state index is 0.150. The Morgan fingerprint density at radius 2 is 1.77 bits per heavy atom. The molecular formula is C26H28Cl2FN3O7. The van der Waals surface area contributed by atoms with Crippen molar-refractivity contribution in [1.82, 2.24) is 9.78 Å². The Hall–Kier alpha value is -3.51. The number of nitrogens with zero attached hydrogens (tertiary/aromatic N) is 2. The molecule has 3 aromatic rings. The molecule has 5 N–H and O–H groups in total. The number of carbonyl (C=O) groups excluding carboxylic acids is 1. The van der Waals surface area contributed by atoms with Crippen molar-refractivity contribution in [2.75, 3.05) is 6.61 Å². The lowest BCUT2D eigenvalue weighted by Crippen LogP contribution is -2.43. The monoisotopic (exact) mass is 583 g/mol. The van der Waals surface area contributed by atoms with Crippen molar-refractivity contribution in [3.05, 3.63) is 86.9 Å². The number of rotatable bonds is 11. The van der Waals surface area contributed by atoms with Gasteiger partial charge in [-0.1, -0.05) is 60.8 Å². The van der Waals surface area contributed by atoms with Crippen LogP contribution in [-0.2, 0) is 22.5 Å². The summed E-state index contributed by atoms with van der Waals surface area (Å²) in [6, 6.07) is 11.3. The number of hydrogen-bond donors (Lipinski definition) is 4. The molecule has 39 heavy (non-hydrogen) atoms. The molecule has 1 aromatic heterocycles. The molecule has 0 aliphatic heterocycles. The van der Waals surface area contributed by atoms with E-state index < -0.39 is 41.6 Å². The zero-order valence-electron chi connectivity index (χ0n) is 20.9. The average molecular weight is 584 g/mol. The number of aliphatic hydroxyl groups is 1. The van der Waals surface area contributed by atoms with Crippen LogP contribution in [-0.4, -0.2) is 61.8 Å². The third-order valence-corrected chi connectivity index (χ3v) is 5.96. The van der Waals surface area contributed by atoms with Crippen molar-refractivity contribution < 1.29 is 38.8 Å². The molecule has 0 aliphatic rings. The van der Waals surface area contributed by atoms with E-state index in [4.69, 9.17) is 43.9 Å². The van der Waals surface area contributed by atoms with Crippen LogP contribution in [0.25, 0.3) is 0 Å². The van der Waals surface area contributed by atoms with E-state index in [0.29, 0.717) is 18.1 Å². The first-order valence-electron chi connectivity index (χ1n) is 11.8.